The van der Waals surface area contributed by atoms with Crippen LogP contribution in [0.4, 0.5) is 0 Å². The molecule has 3 unspecified atom stereocenters. The minimum Gasteiger partial charge on any atom is -0.335 e. The first-order valence-electron chi connectivity index (χ1n) is 5.66. The standard InChI is InChI=1S/C12H16BrN3O/c1-7-8(2)15-16-11(7)14-12(17)9-5-3-4-6-10(9)13/h3-8,11,15-16H,1-2H3,(H,14,17). The second kappa shape index (κ2) is 5.16. The average molecular weight is 298 g/mol. The van der Waals surface area contributed by atoms with Crippen molar-refractivity contribution in [2.75, 3.05) is 0 Å². The molecule has 3 N–H and O–H groups in total. The van der Waals surface area contributed by atoms with Gasteiger partial charge in [0, 0.05) is 16.4 Å². The van der Waals surface area contributed by atoms with Gasteiger partial charge in [0.1, 0.15) is 0 Å². The fraction of sp³-hybridized carbons (Fsp3) is 0.417. The number of rotatable bonds is 2. The van der Waals surface area contributed by atoms with Crippen LogP contribution in [0.1, 0.15) is 24.2 Å². The summed E-state index contributed by atoms with van der Waals surface area (Å²) in [5.41, 5.74) is 6.85. The lowest BCUT2D eigenvalue weighted by Gasteiger charge is -2.18. The van der Waals surface area contributed by atoms with E-state index in [-0.39, 0.29) is 12.1 Å². The van der Waals surface area contributed by atoms with Gasteiger partial charge in [-0.15, -0.1) is 0 Å². The van der Waals surface area contributed by atoms with Gasteiger partial charge in [0.15, 0.2) is 0 Å². The van der Waals surface area contributed by atoms with E-state index >= 15 is 0 Å². The van der Waals surface area contributed by atoms with Crippen LogP contribution in [0.3, 0.4) is 0 Å². The molecule has 1 heterocycles. The maximum Gasteiger partial charge on any atom is 0.253 e. The third-order valence-corrected chi connectivity index (χ3v) is 3.88. The monoisotopic (exact) mass is 297 g/mol. The molecule has 2 rings (SSSR count). The minimum atomic E-state index is -0.0716. The molecule has 1 fully saturated rings. The molecule has 1 aliphatic heterocycles. The Hall–Kier alpha value is -0.910. The molecule has 1 amide bonds. The molecule has 1 saturated heterocycles. The van der Waals surface area contributed by atoms with Gasteiger partial charge in [0.2, 0.25) is 0 Å². The van der Waals surface area contributed by atoms with Gasteiger partial charge >= 0.3 is 0 Å². The third-order valence-electron chi connectivity index (χ3n) is 3.19. The Bertz CT molecular complexity index is 424. The van der Waals surface area contributed by atoms with E-state index in [1.807, 2.05) is 18.2 Å². The number of hydrogen-bond donors (Lipinski definition) is 3. The van der Waals surface area contributed by atoms with Crippen molar-refractivity contribution in [2.45, 2.75) is 26.1 Å². The summed E-state index contributed by atoms with van der Waals surface area (Å²) >= 11 is 3.38. The molecule has 0 saturated carbocycles. The Morgan fingerprint density at radius 1 is 1.29 bits per heavy atom. The largest absolute Gasteiger partial charge is 0.335 e. The van der Waals surface area contributed by atoms with Gasteiger partial charge in [-0.2, -0.15) is 0 Å². The van der Waals surface area contributed by atoms with Crippen molar-refractivity contribution in [2.24, 2.45) is 5.92 Å². The van der Waals surface area contributed by atoms with Crippen LogP contribution < -0.4 is 16.2 Å². The number of nitrogens with one attached hydrogen (secondary N) is 3. The van der Waals surface area contributed by atoms with E-state index in [4.69, 9.17) is 0 Å². The molecular formula is C12H16BrN3O. The lowest BCUT2D eigenvalue weighted by molar-refractivity contribution is 0.0922. The molecule has 1 aromatic rings. The second-order valence-corrected chi connectivity index (χ2v) is 5.22. The number of carbonyl (C=O) groups is 1. The lowest BCUT2D eigenvalue weighted by Crippen LogP contribution is -2.46. The van der Waals surface area contributed by atoms with Crippen LogP contribution in [-0.4, -0.2) is 18.1 Å². The SMILES string of the molecule is CC1NNC(NC(=O)c2ccccc2Br)C1C. The molecule has 17 heavy (non-hydrogen) atoms. The fourth-order valence-electron chi connectivity index (χ4n) is 1.80. The molecule has 0 radical (unpaired) electrons. The molecule has 0 aromatic heterocycles. The maximum atomic E-state index is 12.1. The molecule has 92 valence electrons. The number of hydrogen-bond acceptors (Lipinski definition) is 3. The topological polar surface area (TPSA) is 53.2 Å². The van der Waals surface area contributed by atoms with E-state index in [0.29, 0.717) is 17.5 Å². The summed E-state index contributed by atoms with van der Waals surface area (Å²) in [5, 5.41) is 2.97. The quantitative estimate of drug-likeness (QED) is 0.778. The van der Waals surface area contributed by atoms with E-state index < -0.39 is 0 Å². The first-order valence-corrected chi connectivity index (χ1v) is 6.45. The van der Waals surface area contributed by atoms with Crippen molar-refractivity contribution >= 4 is 21.8 Å². The number of benzene rings is 1. The second-order valence-electron chi connectivity index (χ2n) is 4.37. The summed E-state index contributed by atoms with van der Waals surface area (Å²) in [6, 6.07) is 7.75. The summed E-state index contributed by atoms with van der Waals surface area (Å²) < 4.78 is 0.809. The predicted molar refractivity (Wildman–Crippen MR) is 70.3 cm³/mol. The molecule has 1 aliphatic rings. The predicted octanol–water partition coefficient (Wildman–Crippen LogP) is 1.64. The normalized spacial score (nSPS) is 28.1. The highest BCUT2D eigenvalue weighted by Crippen LogP contribution is 2.17. The van der Waals surface area contributed by atoms with E-state index in [9.17, 15) is 4.79 Å². The van der Waals surface area contributed by atoms with Crippen LogP contribution in [0.15, 0.2) is 28.7 Å². The summed E-state index contributed by atoms with van der Waals surface area (Å²) in [6.45, 7) is 4.19. The van der Waals surface area contributed by atoms with Crippen LogP contribution in [0, 0.1) is 5.92 Å². The number of carbonyl (C=O) groups excluding carboxylic acids is 1. The van der Waals surface area contributed by atoms with Gasteiger partial charge in [-0.1, -0.05) is 19.1 Å². The number of amides is 1. The van der Waals surface area contributed by atoms with Gasteiger partial charge < -0.3 is 5.32 Å². The Balaban J connectivity index is 2.05. The maximum absolute atomic E-state index is 12.1. The zero-order valence-electron chi connectivity index (χ0n) is 9.83. The van der Waals surface area contributed by atoms with Crippen LogP contribution in [-0.2, 0) is 0 Å². The molecule has 0 spiro atoms. The van der Waals surface area contributed by atoms with Gasteiger partial charge in [0.05, 0.1) is 11.7 Å². The molecule has 5 heteroatoms. The van der Waals surface area contributed by atoms with E-state index in [1.165, 1.54) is 0 Å². The summed E-state index contributed by atoms with van der Waals surface area (Å²) in [6.07, 6.45) is -0.0374. The highest BCUT2D eigenvalue weighted by atomic mass is 79.9. The molecule has 3 atom stereocenters. The van der Waals surface area contributed by atoms with Crippen LogP contribution >= 0.6 is 15.9 Å². The summed E-state index contributed by atoms with van der Waals surface area (Å²) in [7, 11) is 0. The Morgan fingerprint density at radius 3 is 2.59 bits per heavy atom. The first kappa shape index (κ1) is 12.5. The fourth-order valence-corrected chi connectivity index (χ4v) is 2.27. The van der Waals surface area contributed by atoms with Crippen LogP contribution in [0.2, 0.25) is 0 Å². The van der Waals surface area contributed by atoms with Crippen molar-refractivity contribution in [3.05, 3.63) is 34.3 Å². The average Bonchev–Trinajstić information content (AvgIpc) is 2.61. The molecule has 1 aromatic carbocycles. The van der Waals surface area contributed by atoms with Crippen molar-refractivity contribution in [3.8, 4) is 0 Å². The van der Waals surface area contributed by atoms with Gasteiger partial charge in [-0.25, -0.2) is 5.43 Å². The van der Waals surface area contributed by atoms with Gasteiger partial charge in [-0.05, 0) is 35.0 Å². The zero-order valence-corrected chi connectivity index (χ0v) is 11.4. The molecule has 0 aliphatic carbocycles. The third kappa shape index (κ3) is 2.68. The van der Waals surface area contributed by atoms with Gasteiger partial charge in [-0.3, -0.25) is 10.2 Å². The summed E-state index contributed by atoms with van der Waals surface area (Å²) in [4.78, 5) is 12.1. The zero-order chi connectivity index (χ0) is 12.4. The first-order chi connectivity index (χ1) is 8.09. The lowest BCUT2D eigenvalue weighted by atomic mass is 10.0. The Kier molecular flexibility index (Phi) is 3.81. The Labute approximate surface area is 109 Å². The molecular weight excluding hydrogens is 282 g/mol. The minimum absolute atomic E-state index is 0.0374. The Morgan fingerprint density at radius 2 is 2.00 bits per heavy atom. The summed E-state index contributed by atoms with van der Waals surface area (Å²) in [5.74, 6) is 0.277. The highest BCUT2D eigenvalue weighted by molar-refractivity contribution is 9.10. The number of hydrazine groups is 1. The van der Waals surface area contributed by atoms with Gasteiger partial charge in [0.25, 0.3) is 5.91 Å². The van der Waals surface area contributed by atoms with Crippen molar-refractivity contribution in [1.29, 1.82) is 0 Å². The molecule has 0 bridgehead atoms. The van der Waals surface area contributed by atoms with Crippen LogP contribution in [0.25, 0.3) is 0 Å². The highest BCUT2D eigenvalue weighted by Gasteiger charge is 2.30. The molecule has 4 nitrogen and oxygen atoms in total. The van der Waals surface area contributed by atoms with E-state index in [2.05, 4.69) is 45.9 Å². The van der Waals surface area contributed by atoms with Crippen molar-refractivity contribution in [1.82, 2.24) is 16.2 Å². The van der Waals surface area contributed by atoms with Crippen LogP contribution in [0.5, 0.6) is 0 Å². The smallest absolute Gasteiger partial charge is 0.253 e. The van der Waals surface area contributed by atoms with Crippen molar-refractivity contribution < 1.29 is 4.79 Å². The van der Waals surface area contributed by atoms with E-state index in [0.717, 1.165) is 4.47 Å². The number of halogens is 1. The van der Waals surface area contributed by atoms with Crippen molar-refractivity contribution in [3.63, 3.8) is 0 Å². The van der Waals surface area contributed by atoms with E-state index in [1.54, 1.807) is 6.07 Å².